The van der Waals surface area contributed by atoms with Crippen molar-refractivity contribution in [2.45, 2.75) is 87.3 Å². The number of nitrogens with two attached hydrogens (primary N) is 1. The first-order valence-electron chi connectivity index (χ1n) is 12.0. The molecular weight excluding hydrogens is 452 g/mol. The van der Waals surface area contributed by atoms with Crippen molar-refractivity contribution < 1.29 is 17.9 Å². The molecule has 1 atom stereocenters. The number of anilines is 1. The van der Waals surface area contributed by atoms with Gasteiger partial charge in [0.2, 0.25) is 15.7 Å². The maximum atomic E-state index is 13.7. The molecule has 2 N–H and O–H groups in total. The highest BCUT2D eigenvalue weighted by atomic mass is 32.2. The maximum Gasteiger partial charge on any atom is 0.253 e. The molecule has 184 valence electrons. The summed E-state index contributed by atoms with van der Waals surface area (Å²) in [7, 11) is -4.15. The van der Waals surface area contributed by atoms with Gasteiger partial charge in [-0.25, -0.2) is 18.4 Å². The van der Waals surface area contributed by atoms with Crippen molar-refractivity contribution in [3.8, 4) is 5.88 Å². The van der Waals surface area contributed by atoms with Crippen LogP contribution in [0.25, 0.3) is 0 Å². The number of hydrogen-bond acceptors (Lipinski definition) is 7. The molecular formula is C25H34N4O4S. The second-order valence-corrected chi connectivity index (χ2v) is 12.0. The number of hydrogen-bond donors (Lipinski definition) is 1. The van der Waals surface area contributed by atoms with E-state index in [1.807, 2.05) is 4.90 Å². The molecule has 0 bridgehead atoms. The predicted octanol–water partition coefficient (Wildman–Crippen LogP) is 4.13. The fourth-order valence-electron chi connectivity index (χ4n) is 5.31. The van der Waals surface area contributed by atoms with Gasteiger partial charge in [-0.3, -0.25) is 4.79 Å². The van der Waals surface area contributed by atoms with Crippen LogP contribution in [-0.2, 0) is 9.84 Å². The lowest BCUT2D eigenvalue weighted by atomic mass is 9.97. The van der Waals surface area contributed by atoms with Crippen LogP contribution in [0.15, 0.2) is 40.4 Å². The summed E-state index contributed by atoms with van der Waals surface area (Å²) in [6.45, 7) is 6.89. The van der Waals surface area contributed by atoms with Gasteiger partial charge >= 0.3 is 0 Å². The largest absolute Gasteiger partial charge is 0.474 e. The Bertz CT molecular complexity index is 1160. The van der Waals surface area contributed by atoms with Gasteiger partial charge in [-0.2, -0.15) is 0 Å². The minimum Gasteiger partial charge on any atom is -0.474 e. The van der Waals surface area contributed by atoms with E-state index in [2.05, 4.69) is 30.7 Å². The number of ether oxygens (including phenoxy) is 1. The summed E-state index contributed by atoms with van der Waals surface area (Å²) in [4.78, 5) is 23.1. The highest BCUT2D eigenvalue weighted by Gasteiger charge is 2.40. The molecule has 2 fully saturated rings. The van der Waals surface area contributed by atoms with Crippen molar-refractivity contribution in [2.75, 3.05) is 11.4 Å². The summed E-state index contributed by atoms with van der Waals surface area (Å²) in [5, 5.41) is -0.174. The fraction of sp³-hybridized carbons (Fsp3) is 0.560. The summed E-state index contributed by atoms with van der Waals surface area (Å²) in [5.74, 6) is 0.117. The number of nitrogens with zero attached hydrogens (tertiary/aromatic N) is 3. The zero-order valence-corrected chi connectivity index (χ0v) is 21.0. The predicted molar refractivity (Wildman–Crippen MR) is 130 cm³/mol. The van der Waals surface area contributed by atoms with Gasteiger partial charge in [-0.05, 0) is 64.0 Å². The highest BCUT2D eigenvalue weighted by molar-refractivity contribution is 7.91. The summed E-state index contributed by atoms with van der Waals surface area (Å²) >= 11 is 0. The molecule has 1 saturated carbocycles. The number of aromatic nitrogens is 2. The quantitative estimate of drug-likeness (QED) is 0.610. The average molecular weight is 487 g/mol. The van der Waals surface area contributed by atoms with Crippen molar-refractivity contribution in [3.05, 3.63) is 36.0 Å². The average Bonchev–Trinajstić information content (AvgIpc) is 2.93. The zero-order chi connectivity index (χ0) is 24.5. The van der Waals surface area contributed by atoms with Crippen molar-refractivity contribution in [1.29, 1.82) is 0 Å². The van der Waals surface area contributed by atoms with E-state index in [0.717, 1.165) is 32.1 Å². The molecule has 1 aliphatic heterocycles. The van der Waals surface area contributed by atoms with Crippen LogP contribution in [0.3, 0.4) is 0 Å². The number of amides is 1. The van der Waals surface area contributed by atoms with Crippen molar-refractivity contribution in [2.24, 2.45) is 11.7 Å². The minimum atomic E-state index is -4.15. The SMILES string of the molecule is CC1CN(c2nccc(S(=O)(=O)c3cccc(OC4CCCCCC4)n3)c2C(N)=O)C(C)(C)C1. The van der Waals surface area contributed by atoms with E-state index in [0.29, 0.717) is 18.3 Å². The zero-order valence-electron chi connectivity index (χ0n) is 20.2. The van der Waals surface area contributed by atoms with Gasteiger partial charge in [0.25, 0.3) is 5.91 Å². The number of pyridine rings is 2. The number of carbonyl (C=O) groups excluding carboxylic acids is 1. The van der Waals surface area contributed by atoms with Gasteiger partial charge in [0.1, 0.15) is 17.5 Å². The third-order valence-electron chi connectivity index (χ3n) is 6.82. The first kappa shape index (κ1) is 24.4. The van der Waals surface area contributed by atoms with Crippen molar-refractivity contribution in [1.82, 2.24) is 9.97 Å². The highest BCUT2D eigenvalue weighted by Crippen LogP contribution is 2.39. The molecule has 2 aromatic heterocycles. The van der Waals surface area contributed by atoms with E-state index < -0.39 is 15.7 Å². The molecule has 2 aromatic rings. The molecule has 9 heteroatoms. The molecule has 0 aromatic carbocycles. The topological polar surface area (TPSA) is 115 Å². The Balaban J connectivity index is 1.72. The van der Waals surface area contributed by atoms with Gasteiger partial charge in [-0.1, -0.05) is 25.8 Å². The monoisotopic (exact) mass is 486 g/mol. The van der Waals surface area contributed by atoms with E-state index in [-0.39, 0.29) is 33.0 Å². The molecule has 1 unspecified atom stereocenters. The molecule has 8 nitrogen and oxygen atoms in total. The first-order chi connectivity index (χ1) is 16.1. The number of sulfone groups is 1. The summed E-state index contributed by atoms with van der Waals surface area (Å²) in [6, 6.07) is 6.03. The van der Waals surface area contributed by atoms with Crippen LogP contribution in [-0.4, -0.2) is 42.5 Å². The smallest absolute Gasteiger partial charge is 0.253 e. The Kier molecular flexibility index (Phi) is 6.85. The van der Waals surface area contributed by atoms with Crippen molar-refractivity contribution >= 4 is 21.6 Å². The van der Waals surface area contributed by atoms with Crippen LogP contribution in [0.4, 0.5) is 5.82 Å². The molecule has 1 saturated heterocycles. The minimum absolute atomic E-state index is 0.0288. The number of carbonyl (C=O) groups is 1. The molecule has 2 aliphatic rings. The molecule has 1 amide bonds. The lowest BCUT2D eigenvalue weighted by Crippen LogP contribution is -2.40. The molecule has 0 radical (unpaired) electrons. The Morgan fingerprint density at radius 3 is 2.47 bits per heavy atom. The number of rotatable bonds is 6. The lowest BCUT2D eigenvalue weighted by Gasteiger charge is -2.33. The Morgan fingerprint density at radius 1 is 1.15 bits per heavy atom. The van der Waals surface area contributed by atoms with Gasteiger partial charge < -0.3 is 15.4 Å². The van der Waals surface area contributed by atoms with Gasteiger partial charge in [-0.15, -0.1) is 0 Å². The van der Waals surface area contributed by atoms with E-state index in [4.69, 9.17) is 10.5 Å². The second kappa shape index (κ2) is 9.52. The Hall–Kier alpha value is -2.68. The second-order valence-electron chi connectivity index (χ2n) is 10.2. The number of primary amides is 1. The van der Waals surface area contributed by atoms with E-state index >= 15 is 0 Å². The first-order valence-corrected chi connectivity index (χ1v) is 13.5. The Labute approximate surface area is 201 Å². The molecule has 3 heterocycles. The van der Waals surface area contributed by atoms with Crippen LogP contribution >= 0.6 is 0 Å². The third-order valence-corrected chi connectivity index (χ3v) is 8.52. The van der Waals surface area contributed by atoms with E-state index in [1.165, 1.54) is 31.2 Å². The van der Waals surface area contributed by atoms with Gasteiger partial charge in [0.15, 0.2) is 5.03 Å². The standard InChI is InChI=1S/C25H34N4O4S/c1-17-15-25(2,3)29(16-17)24-22(23(26)30)19(13-14-27-24)34(31,32)21-12-8-11-20(28-21)33-18-9-6-4-5-7-10-18/h8,11-14,17-18H,4-7,9-10,15-16H2,1-3H3,(H2,26,30). The summed E-state index contributed by atoms with van der Waals surface area (Å²) in [5.41, 5.74) is 5.35. The van der Waals surface area contributed by atoms with Crippen LogP contribution in [0.1, 0.15) is 76.1 Å². The van der Waals surface area contributed by atoms with Crippen LogP contribution in [0.2, 0.25) is 0 Å². The van der Waals surface area contributed by atoms with Crippen LogP contribution in [0, 0.1) is 5.92 Å². The van der Waals surface area contributed by atoms with E-state index in [1.54, 1.807) is 12.1 Å². The van der Waals surface area contributed by atoms with Crippen molar-refractivity contribution in [3.63, 3.8) is 0 Å². The normalized spacial score (nSPS) is 21.3. The van der Waals surface area contributed by atoms with E-state index in [9.17, 15) is 13.2 Å². The third kappa shape index (κ3) is 4.89. The van der Waals surface area contributed by atoms with Crippen LogP contribution < -0.4 is 15.4 Å². The maximum absolute atomic E-state index is 13.7. The van der Waals surface area contributed by atoms with Gasteiger partial charge in [0.05, 0.1) is 4.90 Å². The summed E-state index contributed by atoms with van der Waals surface area (Å²) < 4.78 is 33.4. The van der Waals surface area contributed by atoms with Gasteiger partial charge in [0, 0.05) is 24.3 Å². The summed E-state index contributed by atoms with van der Waals surface area (Å²) in [6.07, 6.45) is 8.77. The Morgan fingerprint density at radius 2 is 1.85 bits per heavy atom. The lowest BCUT2D eigenvalue weighted by molar-refractivity contribution is 0.0997. The van der Waals surface area contributed by atoms with Crippen LogP contribution in [0.5, 0.6) is 5.88 Å². The molecule has 34 heavy (non-hydrogen) atoms. The fourth-order valence-corrected chi connectivity index (χ4v) is 6.70. The molecule has 1 aliphatic carbocycles. The molecule has 0 spiro atoms. The molecule has 4 rings (SSSR count).